The Morgan fingerprint density at radius 2 is 1.95 bits per heavy atom. The molecule has 4 nitrogen and oxygen atoms in total. The molecule has 0 saturated carbocycles. The Kier molecular flexibility index (Phi) is 3.40. The second-order valence-corrected chi connectivity index (χ2v) is 4.89. The Morgan fingerprint density at radius 3 is 2.84 bits per heavy atom. The average molecular weight is 254 g/mol. The monoisotopic (exact) mass is 254 g/mol. The summed E-state index contributed by atoms with van der Waals surface area (Å²) in [5, 5.41) is 15.3. The maximum Gasteiger partial charge on any atom is 0.185 e. The maximum absolute atomic E-state index is 4.46. The Bertz CT molecular complexity index is 687. The molecule has 3 rings (SSSR count). The van der Waals surface area contributed by atoms with Crippen molar-refractivity contribution in [2.75, 3.05) is 0 Å². The summed E-state index contributed by atoms with van der Waals surface area (Å²) in [7, 11) is 0. The van der Waals surface area contributed by atoms with E-state index in [9.17, 15) is 0 Å². The first-order valence-corrected chi connectivity index (χ1v) is 6.98. The maximum atomic E-state index is 4.46. The lowest BCUT2D eigenvalue weighted by Gasteiger charge is -2.01. The number of benzene rings is 1. The molecule has 98 valence electrons. The SMILES string of the molecule is CCCCCCc1nnc2c3ccccc3cnn12. The number of hydrogen-bond donors (Lipinski definition) is 0. The molecule has 4 heteroatoms. The summed E-state index contributed by atoms with van der Waals surface area (Å²) in [5.41, 5.74) is 0.864. The van der Waals surface area contributed by atoms with E-state index >= 15 is 0 Å². The van der Waals surface area contributed by atoms with Crippen LogP contribution in [-0.2, 0) is 6.42 Å². The van der Waals surface area contributed by atoms with Gasteiger partial charge in [-0.2, -0.15) is 9.61 Å². The molecule has 0 spiro atoms. The molecule has 0 bridgehead atoms. The highest BCUT2D eigenvalue weighted by Gasteiger charge is 2.09. The number of hydrogen-bond acceptors (Lipinski definition) is 3. The predicted molar refractivity (Wildman–Crippen MR) is 76.1 cm³/mol. The van der Waals surface area contributed by atoms with E-state index in [-0.39, 0.29) is 0 Å². The number of nitrogens with zero attached hydrogens (tertiary/aromatic N) is 4. The largest absolute Gasteiger partial charge is 0.197 e. The highest BCUT2D eigenvalue weighted by molar-refractivity contribution is 5.92. The van der Waals surface area contributed by atoms with Crippen LogP contribution in [0.3, 0.4) is 0 Å². The van der Waals surface area contributed by atoms with Crippen LogP contribution in [0.25, 0.3) is 16.4 Å². The molecular formula is C15H18N4. The molecule has 0 N–H and O–H groups in total. The van der Waals surface area contributed by atoms with E-state index in [4.69, 9.17) is 0 Å². The van der Waals surface area contributed by atoms with Crippen molar-refractivity contribution >= 4 is 16.4 Å². The van der Waals surface area contributed by atoms with Gasteiger partial charge in [0.05, 0.1) is 6.20 Å². The van der Waals surface area contributed by atoms with E-state index in [1.54, 1.807) is 0 Å². The highest BCUT2D eigenvalue weighted by atomic mass is 15.4. The summed E-state index contributed by atoms with van der Waals surface area (Å²) < 4.78 is 1.88. The molecule has 3 aromatic rings. The van der Waals surface area contributed by atoms with E-state index in [1.165, 1.54) is 19.3 Å². The van der Waals surface area contributed by atoms with Crippen LogP contribution in [0.5, 0.6) is 0 Å². The minimum absolute atomic E-state index is 0.864. The van der Waals surface area contributed by atoms with Crippen molar-refractivity contribution in [1.82, 2.24) is 19.8 Å². The van der Waals surface area contributed by atoms with Crippen molar-refractivity contribution < 1.29 is 0 Å². The van der Waals surface area contributed by atoms with Crippen LogP contribution in [0.1, 0.15) is 38.4 Å². The highest BCUT2D eigenvalue weighted by Crippen LogP contribution is 2.17. The smallest absolute Gasteiger partial charge is 0.185 e. The number of aromatic nitrogens is 4. The van der Waals surface area contributed by atoms with Crippen molar-refractivity contribution in [2.24, 2.45) is 0 Å². The summed E-state index contributed by atoms with van der Waals surface area (Å²) in [6.45, 7) is 2.22. The molecule has 0 aliphatic rings. The van der Waals surface area contributed by atoms with Gasteiger partial charge in [0.2, 0.25) is 0 Å². The molecule has 1 aromatic carbocycles. The van der Waals surface area contributed by atoms with Gasteiger partial charge in [-0.05, 0) is 6.42 Å². The molecule has 0 unspecified atom stereocenters. The number of fused-ring (bicyclic) bond motifs is 3. The molecule has 2 aromatic heterocycles. The van der Waals surface area contributed by atoms with Gasteiger partial charge in [-0.3, -0.25) is 0 Å². The van der Waals surface area contributed by atoms with E-state index in [1.807, 2.05) is 22.8 Å². The molecule has 0 radical (unpaired) electrons. The first-order valence-electron chi connectivity index (χ1n) is 6.98. The molecule has 0 atom stereocenters. The van der Waals surface area contributed by atoms with Crippen LogP contribution in [-0.4, -0.2) is 19.8 Å². The Hall–Kier alpha value is -1.97. The first kappa shape index (κ1) is 12.1. The van der Waals surface area contributed by atoms with Gasteiger partial charge >= 0.3 is 0 Å². The fourth-order valence-electron chi connectivity index (χ4n) is 2.40. The van der Waals surface area contributed by atoms with Crippen molar-refractivity contribution in [1.29, 1.82) is 0 Å². The lowest BCUT2D eigenvalue weighted by molar-refractivity contribution is 0.642. The summed E-state index contributed by atoms with van der Waals surface area (Å²) in [6, 6.07) is 8.17. The van der Waals surface area contributed by atoms with Crippen LogP contribution in [0, 0.1) is 0 Å². The number of unbranched alkanes of at least 4 members (excludes halogenated alkanes) is 3. The summed E-state index contributed by atoms with van der Waals surface area (Å²) >= 11 is 0. The van der Waals surface area contributed by atoms with Gasteiger partial charge in [0.1, 0.15) is 0 Å². The van der Waals surface area contributed by atoms with Gasteiger partial charge in [-0.15, -0.1) is 10.2 Å². The molecule has 0 aliphatic heterocycles. The van der Waals surface area contributed by atoms with E-state index in [0.29, 0.717) is 0 Å². The van der Waals surface area contributed by atoms with Gasteiger partial charge in [-0.1, -0.05) is 50.5 Å². The van der Waals surface area contributed by atoms with E-state index in [2.05, 4.69) is 34.4 Å². The van der Waals surface area contributed by atoms with Gasteiger partial charge in [0, 0.05) is 17.2 Å². The van der Waals surface area contributed by atoms with Crippen LogP contribution in [0.4, 0.5) is 0 Å². The molecule has 19 heavy (non-hydrogen) atoms. The van der Waals surface area contributed by atoms with Gasteiger partial charge in [0.25, 0.3) is 0 Å². The minimum atomic E-state index is 0.864. The number of rotatable bonds is 5. The standard InChI is InChI=1S/C15H18N4/c1-2-3-4-5-10-14-17-18-15-13-9-7-6-8-12(13)11-16-19(14)15/h6-9,11H,2-5,10H2,1H3. The second kappa shape index (κ2) is 5.34. The minimum Gasteiger partial charge on any atom is -0.197 e. The van der Waals surface area contributed by atoms with Crippen molar-refractivity contribution in [3.05, 3.63) is 36.3 Å². The van der Waals surface area contributed by atoms with Gasteiger partial charge in [-0.25, -0.2) is 0 Å². The molecule has 0 fully saturated rings. The zero-order chi connectivity index (χ0) is 13.1. The fraction of sp³-hybridized carbons (Fsp3) is 0.400. The van der Waals surface area contributed by atoms with Gasteiger partial charge in [0.15, 0.2) is 11.5 Å². The lowest BCUT2D eigenvalue weighted by Crippen LogP contribution is -1.99. The van der Waals surface area contributed by atoms with Crippen LogP contribution in [0.15, 0.2) is 30.5 Å². The Labute approximate surface area is 112 Å². The fourth-order valence-corrected chi connectivity index (χ4v) is 2.40. The number of aryl methyl sites for hydroxylation is 1. The van der Waals surface area contributed by atoms with Crippen LogP contribution in [0.2, 0.25) is 0 Å². The Balaban J connectivity index is 1.93. The lowest BCUT2D eigenvalue weighted by atomic mass is 10.1. The zero-order valence-electron chi connectivity index (χ0n) is 11.2. The van der Waals surface area contributed by atoms with Crippen LogP contribution < -0.4 is 0 Å². The molecule has 2 heterocycles. The van der Waals surface area contributed by atoms with Gasteiger partial charge < -0.3 is 0 Å². The molecule has 0 amide bonds. The third kappa shape index (κ3) is 2.30. The Morgan fingerprint density at radius 1 is 1.05 bits per heavy atom. The van der Waals surface area contributed by atoms with Crippen LogP contribution >= 0.6 is 0 Å². The van der Waals surface area contributed by atoms with Crippen molar-refractivity contribution in [2.45, 2.75) is 39.0 Å². The van der Waals surface area contributed by atoms with E-state index < -0.39 is 0 Å². The quantitative estimate of drug-likeness (QED) is 0.655. The third-order valence-corrected chi connectivity index (χ3v) is 3.47. The predicted octanol–water partition coefficient (Wildman–Crippen LogP) is 3.40. The molecule has 0 aliphatic carbocycles. The van der Waals surface area contributed by atoms with E-state index in [0.717, 1.165) is 35.1 Å². The van der Waals surface area contributed by atoms with Crippen molar-refractivity contribution in [3.63, 3.8) is 0 Å². The zero-order valence-corrected chi connectivity index (χ0v) is 11.2. The molecular weight excluding hydrogens is 236 g/mol. The summed E-state index contributed by atoms with van der Waals surface area (Å²) in [4.78, 5) is 0. The summed E-state index contributed by atoms with van der Waals surface area (Å²) in [5.74, 6) is 0.969. The topological polar surface area (TPSA) is 43.1 Å². The average Bonchev–Trinajstić information content (AvgIpc) is 2.87. The molecule has 0 saturated heterocycles. The summed E-state index contributed by atoms with van der Waals surface area (Å²) in [6.07, 6.45) is 7.78. The normalized spacial score (nSPS) is 11.4. The second-order valence-electron chi connectivity index (χ2n) is 4.89. The van der Waals surface area contributed by atoms with Crippen molar-refractivity contribution in [3.8, 4) is 0 Å². The third-order valence-electron chi connectivity index (χ3n) is 3.47. The first-order chi connectivity index (χ1) is 9.40.